The van der Waals surface area contributed by atoms with Gasteiger partial charge in [0.25, 0.3) is 0 Å². The molecule has 2 N–H and O–H groups in total. The molecule has 0 aliphatic carbocycles. The highest BCUT2D eigenvalue weighted by Crippen LogP contribution is 2.29. The van der Waals surface area contributed by atoms with Crippen molar-refractivity contribution in [1.82, 2.24) is 5.32 Å². The van der Waals surface area contributed by atoms with Gasteiger partial charge in [0.15, 0.2) is 0 Å². The topological polar surface area (TPSA) is 50.4 Å². The number of halogens is 3. The molecule has 0 unspecified atom stereocenters. The zero-order valence-electron chi connectivity index (χ0n) is 12.3. The zero-order chi connectivity index (χ0) is 16.9. The van der Waals surface area contributed by atoms with Crippen molar-refractivity contribution < 1.29 is 22.7 Å². The van der Waals surface area contributed by atoms with Crippen LogP contribution in [0.25, 0.3) is 0 Å². The monoisotopic (exact) mass is 324 g/mol. The summed E-state index contributed by atoms with van der Waals surface area (Å²) in [4.78, 5) is 11.8. The molecule has 0 fully saturated rings. The van der Waals surface area contributed by atoms with E-state index in [1.54, 1.807) is 24.3 Å². The van der Waals surface area contributed by atoms with Gasteiger partial charge in [0, 0.05) is 6.54 Å². The fraction of sp³-hybridized carbons (Fsp3) is 0.188. The fourth-order valence-corrected chi connectivity index (χ4v) is 1.91. The van der Waals surface area contributed by atoms with Gasteiger partial charge >= 0.3 is 12.2 Å². The third-order valence-corrected chi connectivity index (χ3v) is 3.09. The molecule has 4 nitrogen and oxygen atoms in total. The van der Waals surface area contributed by atoms with Gasteiger partial charge in [-0.25, -0.2) is 4.79 Å². The molecule has 7 heteroatoms. The van der Waals surface area contributed by atoms with E-state index in [2.05, 4.69) is 10.6 Å². The van der Waals surface area contributed by atoms with Crippen molar-refractivity contribution in [2.45, 2.75) is 12.7 Å². The van der Waals surface area contributed by atoms with E-state index in [0.717, 1.165) is 12.1 Å². The quantitative estimate of drug-likeness (QED) is 0.892. The lowest BCUT2D eigenvalue weighted by molar-refractivity contribution is -0.137. The van der Waals surface area contributed by atoms with Crippen LogP contribution in [-0.4, -0.2) is 13.1 Å². The lowest BCUT2D eigenvalue weighted by Gasteiger charge is -2.11. The Labute approximate surface area is 131 Å². The Hall–Kier alpha value is -2.70. The molecule has 0 aliphatic rings. The van der Waals surface area contributed by atoms with Crippen molar-refractivity contribution in [3.63, 3.8) is 0 Å². The van der Waals surface area contributed by atoms with Crippen LogP contribution < -0.4 is 15.4 Å². The summed E-state index contributed by atoms with van der Waals surface area (Å²) in [6, 6.07) is 11.0. The van der Waals surface area contributed by atoms with Gasteiger partial charge in [-0.05, 0) is 29.8 Å². The zero-order valence-corrected chi connectivity index (χ0v) is 12.3. The normalized spacial score (nSPS) is 11.0. The molecule has 2 aromatic carbocycles. The minimum absolute atomic E-state index is 0.110. The van der Waals surface area contributed by atoms with Crippen molar-refractivity contribution in [3.8, 4) is 5.75 Å². The number of rotatable bonds is 4. The maximum atomic E-state index is 12.5. The van der Waals surface area contributed by atoms with Gasteiger partial charge in [-0.1, -0.05) is 24.3 Å². The Bertz CT molecular complexity index is 670. The molecule has 122 valence electrons. The van der Waals surface area contributed by atoms with Crippen LogP contribution in [0.4, 0.5) is 23.7 Å². The number of nitrogens with one attached hydrogen (secondary N) is 2. The summed E-state index contributed by atoms with van der Waals surface area (Å²) in [5, 5.41) is 5.18. The van der Waals surface area contributed by atoms with E-state index in [4.69, 9.17) is 4.74 Å². The second kappa shape index (κ2) is 7.04. The largest absolute Gasteiger partial charge is 0.495 e. The van der Waals surface area contributed by atoms with E-state index in [1.165, 1.54) is 19.2 Å². The number of hydrogen-bond acceptors (Lipinski definition) is 2. The fourth-order valence-electron chi connectivity index (χ4n) is 1.91. The summed E-state index contributed by atoms with van der Waals surface area (Å²) in [5.74, 6) is 0.511. The molecule has 0 saturated carbocycles. The molecular weight excluding hydrogens is 309 g/mol. The van der Waals surface area contributed by atoms with Gasteiger partial charge in [0.1, 0.15) is 5.75 Å². The molecule has 0 heterocycles. The summed E-state index contributed by atoms with van der Waals surface area (Å²) in [6.45, 7) is 0.110. The van der Waals surface area contributed by atoms with Crippen molar-refractivity contribution in [1.29, 1.82) is 0 Å². The van der Waals surface area contributed by atoms with Crippen molar-refractivity contribution >= 4 is 11.7 Å². The van der Waals surface area contributed by atoms with Crippen LogP contribution in [0.1, 0.15) is 11.1 Å². The summed E-state index contributed by atoms with van der Waals surface area (Å²) < 4.78 is 42.5. The van der Waals surface area contributed by atoms with Gasteiger partial charge in [0.05, 0.1) is 18.4 Å². The van der Waals surface area contributed by atoms with Gasteiger partial charge < -0.3 is 15.4 Å². The van der Waals surface area contributed by atoms with E-state index in [-0.39, 0.29) is 6.54 Å². The van der Waals surface area contributed by atoms with E-state index in [0.29, 0.717) is 17.0 Å². The average molecular weight is 324 g/mol. The summed E-state index contributed by atoms with van der Waals surface area (Å²) in [5.41, 5.74) is 0.341. The number of ether oxygens (including phenoxy) is 1. The molecule has 2 aromatic rings. The first-order chi connectivity index (χ1) is 10.9. The highest BCUT2D eigenvalue weighted by Gasteiger charge is 2.29. The molecule has 0 spiro atoms. The molecule has 0 aromatic heterocycles. The van der Waals surface area contributed by atoms with E-state index in [9.17, 15) is 18.0 Å². The number of carbonyl (C=O) groups is 1. The average Bonchev–Trinajstić information content (AvgIpc) is 2.53. The summed E-state index contributed by atoms with van der Waals surface area (Å²) in [7, 11) is 1.49. The predicted molar refractivity (Wildman–Crippen MR) is 80.3 cm³/mol. The Morgan fingerprint density at radius 1 is 1.09 bits per heavy atom. The van der Waals surface area contributed by atoms with E-state index in [1.807, 2.05) is 0 Å². The van der Waals surface area contributed by atoms with Crippen molar-refractivity contribution in [3.05, 3.63) is 59.7 Å². The number of para-hydroxylation sites is 2. The van der Waals surface area contributed by atoms with Gasteiger partial charge in [0.2, 0.25) is 0 Å². The third-order valence-electron chi connectivity index (χ3n) is 3.09. The summed E-state index contributed by atoms with van der Waals surface area (Å²) >= 11 is 0. The molecule has 2 amide bonds. The third kappa shape index (κ3) is 4.64. The van der Waals surface area contributed by atoms with Gasteiger partial charge in [-0.3, -0.25) is 0 Å². The van der Waals surface area contributed by atoms with E-state index < -0.39 is 17.8 Å². The number of benzene rings is 2. The lowest BCUT2D eigenvalue weighted by Crippen LogP contribution is -2.28. The van der Waals surface area contributed by atoms with Crippen molar-refractivity contribution in [2.24, 2.45) is 0 Å². The van der Waals surface area contributed by atoms with Crippen LogP contribution in [-0.2, 0) is 12.7 Å². The Balaban J connectivity index is 1.92. The second-order valence-corrected chi connectivity index (χ2v) is 4.70. The Kier molecular flexibility index (Phi) is 5.10. The number of amides is 2. The molecule has 0 bridgehead atoms. The van der Waals surface area contributed by atoms with Crippen LogP contribution in [0.15, 0.2) is 48.5 Å². The first-order valence-electron chi connectivity index (χ1n) is 6.74. The second-order valence-electron chi connectivity index (χ2n) is 4.70. The van der Waals surface area contributed by atoms with Crippen LogP contribution in [0.2, 0.25) is 0 Å². The SMILES string of the molecule is COc1ccccc1NC(=O)NCc1ccc(C(F)(F)F)cc1. The predicted octanol–water partition coefficient (Wildman–Crippen LogP) is 4.04. The molecule has 0 radical (unpaired) electrons. The number of methoxy groups -OCH3 is 1. The smallest absolute Gasteiger partial charge is 0.416 e. The van der Waals surface area contributed by atoms with Crippen LogP contribution in [0.3, 0.4) is 0 Å². The highest BCUT2D eigenvalue weighted by atomic mass is 19.4. The van der Waals surface area contributed by atoms with Gasteiger partial charge in [-0.2, -0.15) is 13.2 Å². The minimum atomic E-state index is -4.37. The van der Waals surface area contributed by atoms with Crippen molar-refractivity contribution in [2.75, 3.05) is 12.4 Å². The number of carbonyl (C=O) groups excluding carboxylic acids is 1. The number of urea groups is 1. The first kappa shape index (κ1) is 16.7. The number of anilines is 1. The molecule has 23 heavy (non-hydrogen) atoms. The molecule has 0 aliphatic heterocycles. The first-order valence-corrected chi connectivity index (χ1v) is 6.74. The Morgan fingerprint density at radius 2 is 1.74 bits per heavy atom. The standard InChI is InChI=1S/C16H15F3N2O2/c1-23-14-5-3-2-4-13(14)21-15(22)20-10-11-6-8-12(9-7-11)16(17,18)19/h2-9H,10H2,1H3,(H2,20,21,22). The Morgan fingerprint density at radius 3 is 2.35 bits per heavy atom. The molecule has 0 atom stereocenters. The lowest BCUT2D eigenvalue weighted by atomic mass is 10.1. The van der Waals surface area contributed by atoms with Crippen LogP contribution in [0, 0.1) is 0 Å². The minimum Gasteiger partial charge on any atom is -0.495 e. The van der Waals surface area contributed by atoms with E-state index >= 15 is 0 Å². The number of hydrogen-bond donors (Lipinski definition) is 2. The van der Waals surface area contributed by atoms with Gasteiger partial charge in [-0.15, -0.1) is 0 Å². The maximum absolute atomic E-state index is 12.5. The maximum Gasteiger partial charge on any atom is 0.416 e. The molecular formula is C16H15F3N2O2. The summed E-state index contributed by atoms with van der Waals surface area (Å²) in [6.07, 6.45) is -4.37. The highest BCUT2D eigenvalue weighted by molar-refractivity contribution is 5.90. The van der Waals surface area contributed by atoms with Crippen LogP contribution >= 0.6 is 0 Å². The molecule has 0 saturated heterocycles. The van der Waals surface area contributed by atoms with Crippen LogP contribution in [0.5, 0.6) is 5.75 Å². The molecule has 2 rings (SSSR count). The number of alkyl halides is 3.